The fourth-order valence-electron chi connectivity index (χ4n) is 0.914. The second-order valence-electron chi connectivity index (χ2n) is 2.53. The van der Waals surface area contributed by atoms with Crippen LogP contribution in [0.5, 0.6) is 0 Å². The molecule has 0 aromatic heterocycles. The van der Waals surface area contributed by atoms with Crippen LogP contribution in [0.1, 0.15) is 19.3 Å². The summed E-state index contributed by atoms with van der Waals surface area (Å²) >= 11 is 0. The highest BCUT2D eigenvalue weighted by Gasteiger charge is 1.99. The Morgan fingerprint density at radius 3 is 3.25 bits per heavy atom. The van der Waals surface area contributed by atoms with Crippen molar-refractivity contribution in [1.82, 2.24) is 0 Å². The van der Waals surface area contributed by atoms with Crippen molar-refractivity contribution >= 4 is 12.2 Å². The number of aliphatic carboxylic acids is 1. The first-order valence-corrected chi connectivity index (χ1v) is 3.89. The lowest BCUT2D eigenvalue weighted by atomic mass is 10.2. The van der Waals surface area contributed by atoms with Gasteiger partial charge in [0.15, 0.2) is 0 Å². The molecular formula is C9H11NO2. The fraction of sp³-hybridized carbons (Fsp3) is 0.333. The Morgan fingerprint density at radius 1 is 1.67 bits per heavy atom. The van der Waals surface area contributed by atoms with Crippen LogP contribution >= 0.6 is 0 Å². The van der Waals surface area contributed by atoms with E-state index in [1.807, 2.05) is 18.2 Å². The fourth-order valence-corrected chi connectivity index (χ4v) is 0.914. The zero-order valence-electron chi connectivity index (χ0n) is 6.73. The van der Waals surface area contributed by atoms with E-state index in [4.69, 9.17) is 5.11 Å². The maximum Gasteiger partial charge on any atom is 0.303 e. The normalized spacial score (nSPS) is 15.5. The van der Waals surface area contributed by atoms with Gasteiger partial charge in [0.2, 0.25) is 0 Å². The molecule has 0 aromatic rings. The molecule has 0 fully saturated rings. The topological polar surface area (TPSA) is 49.7 Å². The van der Waals surface area contributed by atoms with Gasteiger partial charge >= 0.3 is 5.97 Å². The Labute approximate surface area is 71.1 Å². The number of nitrogens with zero attached hydrogens (tertiary/aromatic N) is 1. The molecule has 3 heteroatoms. The second kappa shape index (κ2) is 4.49. The molecule has 0 radical (unpaired) electrons. The molecule has 0 saturated carbocycles. The first kappa shape index (κ1) is 8.71. The maximum absolute atomic E-state index is 10.2. The highest BCUT2D eigenvalue weighted by Crippen LogP contribution is 2.08. The summed E-state index contributed by atoms with van der Waals surface area (Å²) in [6, 6.07) is 0. The SMILES string of the molecule is O=C(O)CCC1=CC=CCC=N1. The Balaban J connectivity index is 2.45. The van der Waals surface area contributed by atoms with E-state index in [2.05, 4.69) is 4.99 Å². The summed E-state index contributed by atoms with van der Waals surface area (Å²) in [5, 5.41) is 8.42. The Morgan fingerprint density at radius 2 is 2.50 bits per heavy atom. The lowest BCUT2D eigenvalue weighted by molar-refractivity contribution is -0.136. The monoisotopic (exact) mass is 165 g/mol. The van der Waals surface area contributed by atoms with Crippen LogP contribution in [0, 0.1) is 0 Å². The maximum atomic E-state index is 10.2. The number of allylic oxidation sites excluding steroid dienone is 4. The van der Waals surface area contributed by atoms with E-state index in [9.17, 15) is 4.79 Å². The van der Waals surface area contributed by atoms with Gasteiger partial charge in [-0.05, 0) is 6.08 Å². The van der Waals surface area contributed by atoms with Gasteiger partial charge in [-0.2, -0.15) is 0 Å². The van der Waals surface area contributed by atoms with Crippen LogP contribution < -0.4 is 0 Å². The molecule has 0 saturated heterocycles. The molecule has 0 unspecified atom stereocenters. The minimum absolute atomic E-state index is 0.150. The lowest BCUT2D eigenvalue weighted by Gasteiger charge is -1.95. The average molecular weight is 165 g/mol. The summed E-state index contributed by atoms with van der Waals surface area (Å²) in [5.74, 6) is -0.778. The van der Waals surface area contributed by atoms with E-state index in [1.165, 1.54) is 0 Å². The highest BCUT2D eigenvalue weighted by molar-refractivity contribution is 5.67. The van der Waals surface area contributed by atoms with Gasteiger partial charge in [-0.15, -0.1) is 0 Å². The van der Waals surface area contributed by atoms with E-state index in [0.29, 0.717) is 6.42 Å². The Bertz CT molecular complexity index is 251. The molecule has 0 atom stereocenters. The third-order valence-electron chi connectivity index (χ3n) is 1.52. The second-order valence-corrected chi connectivity index (χ2v) is 2.53. The smallest absolute Gasteiger partial charge is 0.303 e. The molecule has 1 rings (SSSR count). The van der Waals surface area contributed by atoms with E-state index in [1.54, 1.807) is 6.21 Å². The van der Waals surface area contributed by atoms with Gasteiger partial charge in [0, 0.05) is 24.8 Å². The van der Waals surface area contributed by atoms with Crippen molar-refractivity contribution < 1.29 is 9.90 Å². The summed E-state index contributed by atoms with van der Waals surface area (Å²) < 4.78 is 0. The summed E-state index contributed by atoms with van der Waals surface area (Å²) in [4.78, 5) is 14.3. The third kappa shape index (κ3) is 3.14. The molecule has 0 bridgehead atoms. The number of carboxylic acids is 1. The van der Waals surface area contributed by atoms with Crippen LogP contribution in [-0.2, 0) is 4.79 Å². The summed E-state index contributed by atoms with van der Waals surface area (Å²) in [6.45, 7) is 0. The Hall–Kier alpha value is -1.38. The molecular weight excluding hydrogens is 154 g/mol. The molecule has 1 heterocycles. The number of hydrogen-bond acceptors (Lipinski definition) is 2. The van der Waals surface area contributed by atoms with E-state index < -0.39 is 5.97 Å². The van der Waals surface area contributed by atoms with E-state index >= 15 is 0 Å². The summed E-state index contributed by atoms with van der Waals surface area (Å²) in [5.41, 5.74) is 0.839. The van der Waals surface area contributed by atoms with Crippen molar-refractivity contribution in [3.05, 3.63) is 23.9 Å². The molecule has 0 amide bonds. The van der Waals surface area contributed by atoms with Gasteiger partial charge in [-0.25, -0.2) is 0 Å². The third-order valence-corrected chi connectivity index (χ3v) is 1.52. The van der Waals surface area contributed by atoms with Crippen LogP contribution in [0.4, 0.5) is 0 Å². The molecule has 12 heavy (non-hydrogen) atoms. The van der Waals surface area contributed by atoms with Gasteiger partial charge in [0.25, 0.3) is 0 Å². The highest BCUT2D eigenvalue weighted by atomic mass is 16.4. The predicted molar refractivity (Wildman–Crippen MR) is 47.2 cm³/mol. The number of aliphatic imine (C=N–C) groups is 1. The standard InChI is InChI=1S/C9H11NO2/c11-9(12)6-5-8-4-2-1-3-7-10-8/h1-2,4,7H,3,5-6H2,(H,11,12). The molecule has 64 valence electrons. The van der Waals surface area contributed by atoms with Crippen molar-refractivity contribution in [2.45, 2.75) is 19.3 Å². The van der Waals surface area contributed by atoms with Crippen molar-refractivity contribution in [3.63, 3.8) is 0 Å². The van der Waals surface area contributed by atoms with Crippen molar-refractivity contribution in [3.8, 4) is 0 Å². The van der Waals surface area contributed by atoms with E-state index in [-0.39, 0.29) is 6.42 Å². The van der Waals surface area contributed by atoms with Gasteiger partial charge in [0.05, 0.1) is 6.42 Å². The number of carboxylic acid groups (broad SMARTS) is 1. The van der Waals surface area contributed by atoms with Gasteiger partial charge in [0.1, 0.15) is 0 Å². The van der Waals surface area contributed by atoms with Crippen molar-refractivity contribution in [2.75, 3.05) is 0 Å². The number of rotatable bonds is 3. The van der Waals surface area contributed by atoms with Crippen LogP contribution in [0.3, 0.4) is 0 Å². The summed E-state index contributed by atoms with van der Waals surface area (Å²) in [7, 11) is 0. The molecule has 1 aliphatic heterocycles. The molecule has 0 aliphatic carbocycles. The van der Waals surface area contributed by atoms with Crippen LogP contribution in [0.2, 0.25) is 0 Å². The predicted octanol–water partition coefficient (Wildman–Crippen LogP) is 1.77. The van der Waals surface area contributed by atoms with Crippen LogP contribution in [0.15, 0.2) is 28.9 Å². The van der Waals surface area contributed by atoms with Crippen molar-refractivity contribution in [1.29, 1.82) is 0 Å². The zero-order valence-corrected chi connectivity index (χ0v) is 6.73. The lowest BCUT2D eigenvalue weighted by Crippen LogP contribution is -1.94. The first-order valence-electron chi connectivity index (χ1n) is 3.89. The van der Waals surface area contributed by atoms with Gasteiger partial charge in [-0.3, -0.25) is 9.79 Å². The molecule has 1 aliphatic rings. The van der Waals surface area contributed by atoms with E-state index in [0.717, 1.165) is 12.1 Å². The van der Waals surface area contributed by atoms with Crippen LogP contribution in [-0.4, -0.2) is 17.3 Å². The average Bonchev–Trinajstić information content (AvgIpc) is 2.28. The van der Waals surface area contributed by atoms with Crippen LogP contribution in [0.25, 0.3) is 0 Å². The first-order chi connectivity index (χ1) is 5.79. The zero-order chi connectivity index (χ0) is 8.81. The van der Waals surface area contributed by atoms with Gasteiger partial charge in [-0.1, -0.05) is 12.2 Å². The molecule has 1 N–H and O–H groups in total. The minimum Gasteiger partial charge on any atom is -0.481 e. The molecule has 3 nitrogen and oxygen atoms in total. The Kier molecular flexibility index (Phi) is 3.26. The largest absolute Gasteiger partial charge is 0.481 e. The molecule has 0 aromatic carbocycles. The number of carbonyl (C=O) groups is 1. The van der Waals surface area contributed by atoms with Crippen molar-refractivity contribution in [2.24, 2.45) is 4.99 Å². The minimum atomic E-state index is -0.778. The molecule has 0 spiro atoms. The quantitative estimate of drug-likeness (QED) is 0.692. The summed E-state index contributed by atoms with van der Waals surface area (Å²) in [6.07, 6.45) is 9.02. The number of hydrogen-bond donors (Lipinski definition) is 1. The van der Waals surface area contributed by atoms with Gasteiger partial charge < -0.3 is 5.11 Å².